The molecule has 10 heteroatoms. The van der Waals surface area contributed by atoms with E-state index in [1.165, 1.54) is 11.1 Å². The van der Waals surface area contributed by atoms with Crippen LogP contribution in [0.15, 0.2) is 11.1 Å². The standard InChI is InChI=1S/C14H19BrN2O7/c15-5-3-11(18)16-6-8-23-10-9-22-7-4-14(21)24-17-12(19)1-2-13(17)20/h3,5H,1-2,4,6-10H2,(H,16,18)/b5-3+. The maximum atomic E-state index is 11.5. The van der Waals surface area contributed by atoms with E-state index in [9.17, 15) is 19.2 Å². The van der Waals surface area contributed by atoms with Crippen molar-refractivity contribution in [1.29, 1.82) is 0 Å². The SMILES string of the molecule is O=C(/C=C/Br)NCCOCCOCCC(=O)ON1C(=O)CCC1=O. The topological polar surface area (TPSA) is 111 Å². The molecule has 0 radical (unpaired) electrons. The summed E-state index contributed by atoms with van der Waals surface area (Å²) >= 11 is 2.99. The molecule has 1 aliphatic rings. The van der Waals surface area contributed by atoms with E-state index >= 15 is 0 Å². The molecule has 1 rings (SSSR count). The van der Waals surface area contributed by atoms with Gasteiger partial charge in [-0.25, -0.2) is 4.79 Å². The first-order chi connectivity index (χ1) is 11.5. The van der Waals surface area contributed by atoms with Crippen LogP contribution in [0.3, 0.4) is 0 Å². The smallest absolute Gasteiger partial charge is 0.335 e. The largest absolute Gasteiger partial charge is 0.378 e. The minimum Gasteiger partial charge on any atom is -0.378 e. The second kappa shape index (κ2) is 11.7. The lowest BCUT2D eigenvalue weighted by molar-refractivity contribution is -0.198. The van der Waals surface area contributed by atoms with Crippen molar-refractivity contribution < 1.29 is 33.5 Å². The van der Waals surface area contributed by atoms with Gasteiger partial charge in [-0.05, 0) is 4.99 Å². The Morgan fingerprint density at radius 1 is 1.08 bits per heavy atom. The minimum absolute atomic E-state index is 0.0623. The van der Waals surface area contributed by atoms with Crippen molar-refractivity contribution in [3.05, 3.63) is 11.1 Å². The number of ether oxygens (including phenoxy) is 2. The number of halogens is 1. The Kier molecular flexibility index (Phi) is 9.89. The average Bonchev–Trinajstić information content (AvgIpc) is 2.85. The van der Waals surface area contributed by atoms with Gasteiger partial charge in [-0.3, -0.25) is 14.4 Å². The summed E-state index contributed by atoms with van der Waals surface area (Å²) in [5.41, 5.74) is 0. The lowest BCUT2D eigenvalue weighted by Crippen LogP contribution is -2.32. The van der Waals surface area contributed by atoms with E-state index in [0.717, 1.165) is 0 Å². The highest BCUT2D eigenvalue weighted by Gasteiger charge is 2.32. The first-order valence-electron chi connectivity index (χ1n) is 7.31. The Labute approximate surface area is 147 Å². The second-order valence-electron chi connectivity index (χ2n) is 4.60. The van der Waals surface area contributed by atoms with Gasteiger partial charge in [0.15, 0.2) is 0 Å². The Hall–Kier alpha value is -1.78. The number of nitrogens with one attached hydrogen (secondary N) is 1. The third kappa shape index (κ3) is 8.18. The monoisotopic (exact) mass is 406 g/mol. The van der Waals surface area contributed by atoms with Crippen molar-refractivity contribution in [1.82, 2.24) is 10.4 Å². The van der Waals surface area contributed by atoms with Crippen molar-refractivity contribution in [3.63, 3.8) is 0 Å². The summed E-state index contributed by atoms with van der Waals surface area (Å²) in [7, 11) is 0. The van der Waals surface area contributed by atoms with Crippen molar-refractivity contribution in [2.24, 2.45) is 0 Å². The highest BCUT2D eigenvalue weighted by atomic mass is 79.9. The molecule has 0 aromatic carbocycles. The molecule has 24 heavy (non-hydrogen) atoms. The van der Waals surface area contributed by atoms with Gasteiger partial charge in [0.1, 0.15) is 0 Å². The zero-order valence-electron chi connectivity index (χ0n) is 13.0. The Bertz CT molecular complexity index is 480. The number of hydroxylamine groups is 2. The van der Waals surface area contributed by atoms with Crippen LogP contribution in [0.4, 0.5) is 0 Å². The Morgan fingerprint density at radius 2 is 1.71 bits per heavy atom. The van der Waals surface area contributed by atoms with Crippen molar-refractivity contribution >= 4 is 39.6 Å². The highest BCUT2D eigenvalue weighted by Crippen LogP contribution is 2.12. The summed E-state index contributed by atoms with van der Waals surface area (Å²) < 4.78 is 10.4. The number of nitrogens with zero attached hydrogens (tertiary/aromatic N) is 1. The summed E-state index contributed by atoms with van der Waals surface area (Å²) in [5, 5.41) is 3.10. The fourth-order valence-corrected chi connectivity index (χ4v) is 1.89. The van der Waals surface area contributed by atoms with Crippen molar-refractivity contribution in [3.8, 4) is 0 Å². The average molecular weight is 407 g/mol. The number of carbonyl (C=O) groups is 4. The van der Waals surface area contributed by atoms with Gasteiger partial charge < -0.3 is 19.6 Å². The summed E-state index contributed by atoms with van der Waals surface area (Å²) in [6.45, 7) is 1.38. The van der Waals surface area contributed by atoms with Crippen LogP contribution in [-0.2, 0) is 33.5 Å². The Balaban J connectivity index is 1.95. The fourth-order valence-electron chi connectivity index (χ4n) is 1.65. The highest BCUT2D eigenvalue weighted by molar-refractivity contribution is 9.11. The van der Waals surface area contributed by atoms with Gasteiger partial charge in [0, 0.05) is 25.5 Å². The first-order valence-corrected chi connectivity index (χ1v) is 8.23. The molecule has 9 nitrogen and oxygen atoms in total. The summed E-state index contributed by atoms with van der Waals surface area (Å²) in [6, 6.07) is 0. The number of carbonyl (C=O) groups excluding carboxylic acids is 4. The third-order valence-electron chi connectivity index (χ3n) is 2.78. The predicted octanol–water partition coefficient (Wildman–Crippen LogP) is 0.0417. The number of hydrogen-bond donors (Lipinski definition) is 1. The number of hydrogen-bond acceptors (Lipinski definition) is 7. The second-order valence-corrected chi connectivity index (χ2v) is 5.13. The summed E-state index contributed by atoms with van der Waals surface area (Å²) in [5.74, 6) is -1.95. The molecule has 0 atom stereocenters. The normalized spacial score (nSPS) is 14.5. The van der Waals surface area contributed by atoms with Crippen molar-refractivity contribution in [2.75, 3.05) is 33.0 Å². The lowest BCUT2D eigenvalue weighted by atomic mass is 10.4. The summed E-state index contributed by atoms with van der Waals surface area (Å²) in [4.78, 5) is 51.1. The van der Waals surface area contributed by atoms with E-state index in [-0.39, 0.29) is 38.4 Å². The number of rotatable bonds is 11. The molecular weight excluding hydrogens is 388 g/mol. The fraction of sp³-hybridized carbons (Fsp3) is 0.571. The molecular formula is C14H19BrN2O7. The van der Waals surface area contributed by atoms with E-state index in [0.29, 0.717) is 24.8 Å². The maximum Gasteiger partial charge on any atom is 0.335 e. The van der Waals surface area contributed by atoms with Gasteiger partial charge in [0.05, 0.1) is 32.8 Å². The molecule has 134 valence electrons. The molecule has 0 spiro atoms. The van der Waals surface area contributed by atoms with Crippen LogP contribution in [0.2, 0.25) is 0 Å². The molecule has 0 aromatic rings. The van der Waals surface area contributed by atoms with Crippen LogP contribution in [0, 0.1) is 0 Å². The van der Waals surface area contributed by atoms with Crippen LogP contribution in [0.1, 0.15) is 19.3 Å². The molecule has 1 fully saturated rings. The molecule has 0 saturated carbocycles. The lowest BCUT2D eigenvalue weighted by Gasteiger charge is -2.12. The zero-order valence-corrected chi connectivity index (χ0v) is 14.6. The van der Waals surface area contributed by atoms with Gasteiger partial charge in [0.25, 0.3) is 11.8 Å². The third-order valence-corrected chi connectivity index (χ3v) is 3.05. The van der Waals surface area contributed by atoms with Gasteiger partial charge in [-0.15, -0.1) is 5.06 Å². The first kappa shape index (κ1) is 20.3. The molecule has 0 unspecified atom stereocenters. The minimum atomic E-state index is -0.706. The Morgan fingerprint density at radius 3 is 2.33 bits per heavy atom. The predicted molar refractivity (Wildman–Crippen MR) is 84.5 cm³/mol. The van der Waals surface area contributed by atoms with Crippen LogP contribution in [0.25, 0.3) is 0 Å². The molecule has 1 aliphatic heterocycles. The molecule has 0 aliphatic carbocycles. The van der Waals surface area contributed by atoms with Gasteiger partial charge >= 0.3 is 5.97 Å². The van der Waals surface area contributed by atoms with Crippen LogP contribution < -0.4 is 5.32 Å². The zero-order chi connectivity index (χ0) is 17.8. The number of amides is 3. The van der Waals surface area contributed by atoms with E-state index in [1.54, 1.807) is 0 Å². The van der Waals surface area contributed by atoms with Gasteiger partial charge in [0.2, 0.25) is 5.91 Å². The maximum absolute atomic E-state index is 11.5. The van der Waals surface area contributed by atoms with Crippen LogP contribution in [-0.4, -0.2) is 61.7 Å². The number of imide groups is 1. The van der Waals surface area contributed by atoms with Crippen molar-refractivity contribution in [2.45, 2.75) is 19.3 Å². The van der Waals surface area contributed by atoms with E-state index < -0.39 is 17.8 Å². The van der Waals surface area contributed by atoms with Crippen LogP contribution >= 0.6 is 15.9 Å². The molecule has 1 heterocycles. The molecule has 0 aromatic heterocycles. The van der Waals surface area contributed by atoms with Gasteiger partial charge in [-0.2, -0.15) is 0 Å². The van der Waals surface area contributed by atoms with Crippen LogP contribution in [0.5, 0.6) is 0 Å². The summed E-state index contributed by atoms with van der Waals surface area (Å²) in [6.07, 6.45) is 1.39. The quantitative estimate of drug-likeness (QED) is 0.293. The van der Waals surface area contributed by atoms with E-state index in [1.807, 2.05) is 0 Å². The molecule has 0 bridgehead atoms. The van der Waals surface area contributed by atoms with E-state index in [4.69, 9.17) is 9.47 Å². The molecule has 1 N–H and O–H groups in total. The van der Waals surface area contributed by atoms with E-state index in [2.05, 4.69) is 26.1 Å². The molecule has 1 saturated heterocycles. The molecule has 3 amide bonds. The van der Waals surface area contributed by atoms with Gasteiger partial charge in [-0.1, -0.05) is 15.9 Å².